The second-order valence-electron chi connectivity index (χ2n) is 9.68. The predicted octanol–water partition coefficient (Wildman–Crippen LogP) is 6.20. The minimum Gasteiger partial charge on any atom is -0.478 e. The summed E-state index contributed by atoms with van der Waals surface area (Å²) < 4.78 is 13.2. The number of rotatable bonds is 7. The Morgan fingerprint density at radius 1 is 1.05 bits per heavy atom. The second kappa shape index (κ2) is 12.1. The summed E-state index contributed by atoms with van der Waals surface area (Å²) in [6.45, 7) is 1.86. The molecule has 0 fully saturated rings. The fraction of sp³-hybridized carbons (Fsp3) is 0.0909. The van der Waals surface area contributed by atoms with Gasteiger partial charge in [0.05, 0.1) is 39.0 Å². The lowest BCUT2D eigenvalue weighted by Gasteiger charge is -2.25. The summed E-state index contributed by atoms with van der Waals surface area (Å²) in [6, 6.07) is 23.0. The number of ether oxygens (including phenoxy) is 1. The van der Waals surface area contributed by atoms with Crippen LogP contribution in [0.2, 0.25) is 10.0 Å². The number of furan rings is 1. The summed E-state index contributed by atoms with van der Waals surface area (Å²) in [7, 11) is 0. The molecule has 0 saturated carbocycles. The number of carbonyl (C=O) groups is 2. The molecule has 2 aromatic heterocycles. The fourth-order valence-corrected chi connectivity index (χ4v) is 6.27. The van der Waals surface area contributed by atoms with Crippen LogP contribution in [0.5, 0.6) is 0 Å². The Morgan fingerprint density at radius 2 is 1.80 bits per heavy atom. The van der Waals surface area contributed by atoms with E-state index in [1.165, 1.54) is 22.8 Å². The highest BCUT2D eigenvalue weighted by molar-refractivity contribution is 7.07. The van der Waals surface area contributed by atoms with Crippen LogP contribution in [0.15, 0.2) is 105 Å². The van der Waals surface area contributed by atoms with Crippen molar-refractivity contribution in [3.05, 3.63) is 143 Å². The highest BCUT2D eigenvalue weighted by Crippen LogP contribution is 2.36. The Labute approximate surface area is 264 Å². The summed E-state index contributed by atoms with van der Waals surface area (Å²) in [5.41, 5.74) is 2.07. The van der Waals surface area contributed by atoms with Gasteiger partial charge in [-0.2, -0.15) is 0 Å². The molecule has 3 aromatic carbocycles. The van der Waals surface area contributed by atoms with Crippen LogP contribution in [0, 0.1) is 0 Å². The third-order valence-corrected chi connectivity index (χ3v) is 8.50. The smallest absolute Gasteiger partial charge is 0.338 e. The van der Waals surface area contributed by atoms with Gasteiger partial charge in [0.15, 0.2) is 4.80 Å². The van der Waals surface area contributed by atoms with Crippen LogP contribution in [0.4, 0.5) is 0 Å². The first kappa shape index (κ1) is 29.4. The monoisotopic (exact) mass is 644 g/mol. The van der Waals surface area contributed by atoms with E-state index < -0.39 is 18.0 Å². The van der Waals surface area contributed by atoms with Gasteiger partial charge in [-0.15, -0.1) is 0 Å². The largest absolute Gasteiger partial charge is 0.478 e. The van der Waals surface area contributed by atoms with Gasteiger partial charge in [-0.3, -0.25) is 9.36 Å². The fourth-order valence-electron chi connectivity index (χ4n) is 4.95. The Bertz CT molecular complexity index is 2130. The number of hydrogen-bond acceptors (Lipinski definition) is 7. The summed E-state index contributed by atoms with van der Waals surface area (Å²) in [5.74, 6) is -0.992. The standard InChI is InChI=1S/C33H22Cl2N2O6S/c1-2-42-32(41)27-28(18-6-4-3-5-7-18)36-33-37(29(27)19-8-11-21(34)12-9-19)30(38)26(44-33)17-22-13-15-25(43-22)23-16-20(31(39)40)10-14-24(23)35/h3-17,29H,2H2,1H3,(H,39,40)/b26-17-/t29-/m1/s1. The van der Waals surface area contributed by atoms with E-state index in [1.807, 2.05) is 30.3 Å². The van der Waals surface area contributed by atoms with Crippen molar-refractivity contribution in [3.8, 4) is 11.3 Å². The van der Waals surface area contributed by atoms with Gasteiger partial charge in [0.25, 0.3) is 5.56 Å². The molecule has 1 atom stereocenters. The molecular weight excluding hydrogens is 623 g/mol. The van der Waals surface area contributed by atoms with Gasteiger partial charge in [0, 0.05) is 22.2 Å². The van der Waals surface area contributed by atoms with Gasteiger partial charge in [0.1, 0.15) is 11.5 Å². The van der Waals surface area contributed by atoms with E-state index in [0.717, 1.165) is 11.3 Å². The maximum absolute atomic E-state index is 14.0. The molecule has 0 spiro atoms. The first-order chi connectivity index (χ1) is 21.2. The van der Waals surface area contributed by atoms with E-state index in [0.29, 0.717) is 53.3 Å². The second-order valence-corrected chi connectivity index (χ2v) is 11.5. The zero-order valence-corrected chi connectivity index (χ0v) is 25.3. The minimum atomic E-state index is -1.09. The first-order valence-electron chi connectivity index (χ1n) is 13.4. The number of benzene rings is 3. The number of halogens is 2. The number of carboxylic acids is 1. The Morgan fingerprint density at radius 3 is 2.50 bits per heavy atom. The molecule has 11 heteroatoms. The molecule has 6 rings (SSSR count). The van der Waals surface area contributed by atoms with Crippen molar-refractivity contribution >= 4 is 58.3 Å². The average Bonchev–Trinajstić information content (AvgIpc) is 3.61. The van der Waals surface area contributed by atoms with Crippen molar-refractivity contribution < 1.29 is 23.8 Å². The van der Waals surface area contributed by atoms with Gasteiger partial charge in [-0.1, -0.05) is 77.0 Å². The SMILES string of the molecule is CCOC(=O)C1=C(c2ccccc2)N=c2s/c(=C\c3ccc(-c4cc(C(=O)O)ccc4Cl)o3)c(=O)n2[C@@H]1c1ccc(Cl)cc1. The third kappa shape index (κ3) is 5.53. The number of aromatic nitrogens is 1. The number of carbonyl (C=O) groups excluding carboxylic acids is 1. The Balaban J connectivity index is 1.54. The van der Waals surface area contributed by atoms with Crippen LogP contribution in [0.25, 0.3) is 23.1 Å². The minimum absolute atomic E-state index is 0.0597. The maximum Gasteiger partial charge on any atom is 0.338 e. The lowest BCUT2D eigenvalue weighted by atomic mass is 9.93. The molecule has 0 amide bonds. The predicted molar refractivity (Wildman–Crippen MR) is 169 cm³/mol. The molecule has 0 bridgehead atoms. The van der Waals surface area contributed by atoms with Gasteiger partial charge >= 0.3 is 11.9 Å². The van der Waals surface area contributed by atoms with Crippen molar-refractivity contribution in [2.75, 3.05) is 6.61 Å². The van der Waals surface area contributed by atoms with Crippen molar-refractivity contribution in [2.24, 2.45) is 4.99 Å². The highest BCUT2D eigenvalue weighted by Gasteiger charge is 2.35. The third-order valence-electron chi connectivity index (χ3n) is 6.94. The van der Waals surface area contributed by atoms with E-state index >= 15 is 0 Å². The van der Waals surface area contributed by atoms with Crippen LogP contribution in [-0.4, -0.2) is 28.2 Å². The lowest BCUT2D eigenvalue weighted by Crippen LogP contribution is -2.39. The number of hydrogen-bond donors (Lipinski definition) is 1. The summed E-state index contributed by atoms with van der Waals surface area (Å²) in [4.78, 5) is 44.3. The zero-order valence-electron chi connectivity index (χ0n) is 23.0. The average molecular weight is 646 g/mol. The number of esters is 1. The molecule has 1 N–H and O–H groups in total. The molecule has 220 valence electrons. The van der Waals surface area contributed by atoms with Crippen LogP contribution in [0.1, 0.15) is 40.2 Å². The maximum atomic E-state index is 14.0. The van der Waals surface area contributed by atoms with Crippen LogP contribution < -0.4 is 14.9 Å². The molecule has 5 aromatic rings. The molecule has 1 aliphatic rings. The highest BCUT2D eigenvalue weighted by atomic mass is 35.5. The van der Waals surface area contributed by atoms with E-state index in [1.54, 1.807) is 49.4 Å². The number of fused-ring (bicyclic) bond motifs is 1. The quantitative estimate of drug-likeness (QED) is 0.211. The van der Waals surface area contributed by atoms with E-state index in [2.05, 4.69) is 0 Å². The van der Waals surface area contributed by atoms with Crippen molar-refractivity contribution in [1.29, 1.82) is 0 Å². The molecule has 0 unspecified atom stereocenters. The summed E-state index contributed by atoms with van der Waals surface area (Å²) in [6.07, 6.45) is 1.58. The van der Waals surface area contributed by atoms with Crippen LogP contribution in [0.3, 0.4) is 0 Å². The van der Waals surface area contributed by atoms with Crippen LogP contribution >= 0.6 is 34.5 Å². The number of aromatic carboxylic acids is 1. The van der Waals surface area contributed by atoms with Gasteiger partial charge in [-0.25, -0.2) is 14.6 Å². The zero-order chi connectivity index (χ0) is 31.0. The van der Waals surface area contributed by atoms with E-state index in [4.69, 9.17) is 37.3 Å². The van der Waals surface area contributed by atoms with Crippen molar-refractivity contribution in [2.45, 2.75) is 13.0 Å². The number of carboxylic acid groups (broad SMARTS) is 1. The van der Waals surface area contributed by atoms with Crippen LogP contribution in [-0.2, 0) is 9.53 Å². The Hall–Kier alpha value is -4.70. The van der Waals surface area contributed by atoms with Crippen molar-refractivity contribution in [3.63, 3.8) is 0 Å². The summed E-state index contributed by atoms with van der Waals surface area (Å²) in [5, 5.41) is 10.2. The molecule has 8 nitrogen and oxygen atoms in total. The topological polar surface area (TPSA) is 111 Å². The molecule has 3 heterocycles. The normalized spacial score (nSPS) is 14.7. The van der Waals surface area contributed by atoms with Gasteiger partial charge in [0.2, 0.25) is 0 Å². The molecule has 0 radical (unpaired) electrons. The molecule has 0 saturated heterocycles. The van der Waals surface area contributed by atoms with E-state index in [9.17, 15) is 19.5 Å². The Kier molecular flexibility index (Phi) is 8.09. The lowest BCUT2D eigenvalue weighted by molar-refractivity contribution is -0.138. The number of nitrogens with zero attached hydrogens (tertiary/aromatic N) is 2. The molecule has 44 heavy (non-hydrogen) atoms. The number of thiazole rings is 1. The molecule has 0 aliphatic carbocycles. The molecular formula is C33H22Cl2N2O6S. The molecule has 1 aliphatic heterocycles. The first-order valence-corrected chi connectivity index (χ1v) is 15.0. The van der Waals surface area contributed by atoms with Crippen molar-refractivity contribution in [1.82, 2.24) is 4.57 Å². The van der Waals surface area contributed by atoms with Gasteiger partial charge in [-0.05, 0) is 55.0 Å². The summed E-state index contributed by atoms with van der Waals surface area (Å²) >= 11 is 13.7. The van der Waals surface area contributed by atoms with E-state index in [-0.39, 0.29) is 23.3 Å². The van der Waals surface area contributed by atoms with Gasteiger partial charge < -0.3 is 14.3 Å².